The van der Waals surface area contributed by atoms with E-state index in [1.165, 1.54) is 24.5 Å². The molecule has 1 atom stereocenters. The molecule has 0 aliphatic carbocycles. The number of rotatable bonds is 3. The molecule has 0 spiro atoms. The summed E-state index contributed by atoms with van der Waals surface area (Å²) in [6, 6.07) is 3.26. The highest BCUT2D eigenvalue weighted by Crippen LogP contribution is 2.39. The largest absolute Gasteiger partial charge is 0.453 e. The fourth-order valence-electron chi connectivity index (χ4n) is 4.98. The van der Waals surface area contributed by atoms with Crippen LogP contribution in [0.1, 0.15) is 43.7 Å². The summed E-state index contributed by atoms with van der Waals surface area (Å²) in [6.45, 7) is 5.26. The maximum Gasteiger partial charge on any atom is 0.409 e. The lowest BCUT2D eigenvalue weighted by atomic mass is 9.92. The number of methoxy groups -OCH3 is 1. The molecule has 0 unspecified atom stereocenters. The lowest BCUT2D eigenvalue weighted by molar-refractivity contribution is 0.126. The number of amides is 1. The van der Waals surface area contributed by atoms with E-state index in [1.54, 1.807) is 35.1 Å². The van der Waals surface area contributed by atoms with E-state index in [-0.39, 0.29) is 17.9 Å². The van der Waals surface area contributed by atoms with Gasteiger partial charge < -0.3 is 25.0 Å². The van der Waals surface area contributed by atoms with Gasteiger partial charge in [0.2, 0.25) is 0 Å². The van der Waals surface area contributed by atoms with Gasteiger partial charge in [-0.05, 0) is 48.4 Å². The fourth-order valence-corrected chi connectivity index (χ4v) is 4.98. The van der Waals surface area contributed by atoms with Crippen LogP contribution in [0.15, 0.2) is 35.8 Å². The molecule has 206 valence electrons. The topological polar surface area (TPSA) is 110 Å². The molecule has 3 aliphatic rings. The first-order chi connectivity index (χ1) is 18.2. The van der Waals surface area contributed by atoms with Crippen LogP contribution in [0.3, 0.4) is 0 Å². The highest BCUT2D eigenvalue weighted by atomic mass is 19.3. The Kier molecular flexibility index (Phi) is 8.65. The number of halogens is 2. The second-order valence-electron chi connectivity index (χ2n) is 9.99. The Bertz CT molecular complexity index is 1210. The predicted octanol–water partition coefficient (Wildman–Crippen LogP) is 4.48. The molecule has 0 bridgehead atoms. The Balaban J connectivity index is 0.000000494. The van der Waals surface area contributed by atoms with Gasteiger partial charge in [0.25, 0.3) is 6.43 Å². The number of alkyl halides is 2. The van der Waals surface area contributed by atoms with Crippen LogP contribution in [0.4, 0.5) is 19.3 Å². The summed E-state index contributed by atoms with van der Waals surface area (Å²) in [6.07, 6.45) is 3.31. The lowest BCUT2D eigenvalue weighted by Crippen LogP contribution is -2.44. The number of anilines is 1. The zero-order chi connectivity index (χ0) is 27.4. The van der Waals surface area contributed by atoms with Crippen LogP contribution in [0.25, 0.3) is 11.1 Å². The molecule has 11 heteroatoms. The van der Waals surface area contributed by atoms with E-state index >= 15 is 0 Å². The fraction of sp³-hybridized carbons (Fsp3) is 0.519. The minimum Gasteiger partial charge on any atom is -0.453 e. The van der Waals surface area contributed by atoms with Crippen molar-refractivity contribution in [3.63, 3.8) is 0 Å². The van der Waals surface area contributed by atoms with Crippen molar-refractivity contribution < 1.29 is 23.0 Å². The molecule has 2 aromatic rings. The van der Waals surface area contributed by atoms with E-state index in [0.717, 1.165) is 37.5 Å². The van der Waals surface area contributed by atoms with Crippen LogP contribution >= 0.6 is 0 Å². The first-order valence-corrected chi connectivity index (χ1v) is 12.9. The van der Waals surface area contributed by atoms with Crippen molar-refractivity contribution in [1.29, 1.82) is 5.41 Å². The minimum atomic E-state index is -2.68. The van der Waals surface area contributed by atoms with E-state index in [4.69, 9.17) is 20.6 Å². The van der Waals surface area contributed by atoms with Crippen LogP contribution in [0.5, 0.6) is 0 Å². The summed E-state index contributed by atoms with van der Waals surface area (Å²) < 4.78 is 39.5. The lowest BCUT2D eigenvalue weighted by Gasteiger charge is -2.36. The number of fused-ring (bicyclic) bond motifs is 1. The smallest absolute Gasteiger partial charge is 0.409 e. The molecule has 1 fully saturated rings. The van der Waals surface area contributed by atoms with Gasteiger partial charge in [0.1, 0.15) is 5.84 Å². The zero-order valence-electron chi connectivity index (χ0n) is 22.2. The third-order valence-corrected chi connectivity index (χ3v) is 7.15. The summed E-state index contributed by atoms with van der Waals surface area (Å²) in [5.74, 6) is 0.955. The van der Waals surface area contributed by atoms with Crippen LogP contribution in [0, 0.1) is 11.3 Å². The number of hydrogen-bond donors (Lipinski definition) is 2. The van der Waals surface area contributed by atoms with Gasteiger partial charge in [-0.25, -0.2) is 13.6 Å². The van der Waals surface area contributed by atoms with E-state index in [1.807, 2.05) is 0 Å². The van der Waals surface area contributed by atoms with E-state index in [0.29, 0.717) is 47.6 Å². The highest BCUT2D eigenvalue weighted by Gasteiger charge is 2.31. The van der Waals surface area contributed by atoms with Gasteiger partial charge in [-0.2, -0.15) is 5.10 Å². The average molecular weight is 531 g/mol. The quantitative estimate of drug-likeness (QED) is 0.447. The van der Waals surface area contributed by atoms with Crippen LogP contribution in [-0.2, 0) is 22.9 Å². The number of nitrogens with two attached hydrogens (primary N) is 1. The van der Waals surface area contributed by atoms with Crippen molar-refractivity contribution in [2.24, 2.45) is 18.7 Å². The molecule has 0 radical (unpaired) electrons. The minimum absolute atomic E-state index is 0.0989. The second kappa shape index (κ2) is 11.9. The molecule has 5 rings (SSSR count). The zero-order valence-corrected chi connectivity index (χ0v) is 22.2. The van der Waals surface area contributed by atoms with Crippen molar-refractivity contribution in [2.75, 3.05) is 44.9 Å². The Hall–Kier alpha value is -3.47. The number of ether oxygens (including phenoxy) is 2. The number of aryl methyl sites for hydroxylation is 2. The third kappa shape index (κ3) is 5.98. The number of amidine groups is 1. The maximum atomic E-state index is 14.0. The number of nitrogens with zero attached hydrogens (tertiary/aromatic N) is 4. The summed E-state index contributed by atoms with van der Waals surface area (Å²) in [5.41, 5.74) is 9.70. The third-order valence-electron chi connectivity index (χ3n) is 7.15. The molecule has 3 aliphatic heterocycles. The molecule has 3 N–H and O–H groups in total. The number of aromatic nitrogens is 2. The van der Waals surface area contributed by atoms with Crippen molar-refractivity contribution >= 4 is 17.6 Å². The molecule has 38 heavy (non-hydrogen) atoms. The number of nitrogens with one attached hydrogen (secondary N) is 1. The molecular weight excluding hydrogens is 494 g/mol. The summed E-state index contributed by atoms with van der Waals surface area (Å²) in [7, 11) is 3.05. The maximum absolute atomic E-state index is 14.0. The molecule has 0 saturated carbocycles. The molecule has 1 saturated heterocycles. The van der Waals surface area contributed by atoms with Crippen LogP contribution < -0.4 is 10.6 Å². The van der Waals surface area contributed by atoms with Gasteiger partial charge in [-0.15, -0.1) is 0 Å². The Labute approximate surface area is 221 Å². The van der Waals surface area contributed by atoms with Crippen LogP contribution in [-0.4, -0.2) is 66.6 Å². The predicted molar refractivity (Wildman–Crippen MR) is 141 cm³/mol. The van der Waals surface area contributed by atoms with Gasteiger partial charge >= 0.3 is 6.09 Å². The molecule has 1 aromatic heterocycles. The standard InChI is InChI=1S/C22H26F2N6O2.C5H10O/c1-28-11-14(10-27-28)15-8-13-4-3-6-30(19(13)9-16(15)20(23)24)21(26)17-12-29(22(31)32-2)7-5-18(17)25;1-5-2-3-6-4-5/h8-11,20,26H,3-7,12,25H2,1-2H3;5H,2-4H2,1H3/t;5-/m.0/s1. The number of carbonyl (C=O) groups excluding carboxylic acids is 1. The molecular formula is C27H36F2N6O3. The molecule has 1 aromatic carbocycles. The average Bonchev–Trinajstić information content (AvgIpc) is 3.58. The first-order valence-electron chi connectivity index (χ1n) is 12.9. The van der Waals surface area contributed by atoms with Crippen molar-refractivity contribution in [3.8, 4) is 11.1 Å². The summed E-state index contributed by atoms with van der Waals surface area (Å²) in [5, 5.41) is 12.9. The monoisotopic (exact) mass is 530 g/mol. The van der Waals surface area contributed by atoms with Crippen molar-refractivity contribution in [2.45, 2.75) is 39.0 Å². The van der Waals surface area contributed by atoms with Gasteiger partial charge in [0.05, 0.1) is 19.9 Å². The Morgan fingerprint density at radius 2 is 2.08 bits per heavy atom. The molecule has 4 heterocycles. The SMILES string of the molecule is COC(=O)N1CCC(N)=C(C(=N)N2CCCc3cc(-c4cnn(C)c4)c(C(F)F)cc32)C1.C[C@H]1CCOC1. The highest BCUT2D eigenvalue weighted by molar-refractivity contribution is 6.09. The number of hydrogen-bond acceptors (Lipinski definition) is 6. The van der Waals surface area contributed by atoms with Crippen LogP contribution in [0.2, 0.25) is 0 Å². The Morgan fingerprint density at radius 3 is 2.66 bits per heavy atom. The van der Waals surface area contributed by atoms with Crippen molar-refractivity contribution in [3.05, 3.63) is 46.9 Å². The van der Waals surface area contributed by atoms with E-state index in [2.05, 4.69) is 12.0 Å². The normalized spacial score (nSPS) is 19.3. The Morgan fingerprint density at radius 1 is 1.29 bits per heavy atom. The van der Waals surface area contributed by atoms with Gasteiger partial charge in [-0.3, -0.25) is 10.1 Å². The second-order valence-corrected chi connectivity index (χ2v) is 9.99. The molecule has 1 amide bonds. The summed E-state index contributed by atoms with van der Waals surface area (Å²) in [4.78, 5) is 15.2. The summed E-state index contributed by atoms with van der Waals surface area (Å²) >= 11 is 0. The van der Waals surface area contributed by atoms with Gasteiger partial charge in [0, 0.05) is 74.1 Å². The van der Waals surface area contributed by atoms with Gasteiger partial charge in [-0.1, -0.05) is 6.92 Å². The number of carbonyl (C=O) groups is 1. The van der Waals surface area contributed by atoms with E-state index < -0.39 is 12.5 Å². The van der Waals surface area contributed by atoms with Crippen molar-refractivity contribution in [1.82, 2.24) is 14.7 Å². The van der Waals surface area contributed by atoms with E-state index in [9.17, 15) is 13.6 Å². The number of benzene rings is 1. The first kappa shape index (κ1) is 27.6. The van der Waals surface area contributed by atoms with Gasteiger partial charge in [0.15, 0.2) is 0 Å². The molecule has 9 nitrogen and oxygen atoms in total.